The number of likely N-dealkylation sites (tertiary alicyclic amines) is 1. The molecule has 2 aromatic rings. The van der Waals surface area contributed by atoms with E-state index in [9.17, 15) is 8.42 Å². The first kappa shape index (κ1) is 23.3. The Morgan fingerprint density at radius 2 is 1.74 bits per heavy atom. The number of sulfone groups is 1. The third-order valence-corrected chi connectivity index (χ3v) is 6.84. The minimum atomic E-state index is -3.01. The summed E-state index contributed by atoms with van der Waals surface area (Å²) in [5, 5.41) is 3.46. The van der Waals surface area contributed by atoms with Gasteiger partial charge in [0.2, 0.25) is 0 Å². The lowest BCUT2D eigenvalue weighted by Crippen LogP contribution is -2.48. The molecule has 1 aliphatic rings. The van der Waals surface area contributed by atoms with Crippen molar-refractivity contribution in [2.45, 2.75) is 44.9 Å². The highest BCUT2D eigenvalue weighted by molar-refractivity contribution is 7.89. The molecule has 1 saturated heterocycles. The van der Waals surface area contributed by atoms with Gasteiger partial charge in [0, 0.05) is 25.9 Å². The van der Waals surface area contributed by atoms with Crippen molar-refractivity contribution in [3.8, 4) is 0 Å². The summed E-state index contributed by atoms with van der Waals surface area (Å²) in [7, 11) is -3.01. The fourth-order valence-corrected chi connectivity index (χ4v) is 5.21. The SMILES string of the molecule is CCNC(=NCc1ccc(CS(C)(=O)=O)cc1)N1CCC(c2ccccc2)C(CC)C1. The summed E-state index contributed by atoms with van der Waals surface area (Å²) in [6.07, 6.45) is 3.54. The second kappa shape index (κ2) is 10.8. The molecule has 2 atom stereocenters. The fraction of sp³-hybridized carbons (Fsp3) is 0.480. The van der Waals surface area contributed by atoms with Crippen LogP contribution in [-0.2, 0) is 22.1 Å². The van der Waals surface area contributed by atoms with Gasteiger partial charge in [0.25, 0.3) is 0 Å². The molecular weight excluding hydrogens is 406 g/mol. The number of rotatable bonds is 7. The van der Waals surface area contributed by atoms with Crippen molar-refractivity contribution >= 4 is 15.8 Å². The van der Waals surface area contributed by atoms with Gasteiger partial charge in [-0.1, -0.05) is 67.9 Å². The maximum absolute atomic E-state index is 11.5. The van der Waals surface area contributed by atoms with E-state index in [0.29, 0.717) is 18.4 Å². The van der Waals surface area contributed by atoms with Crippen molar-refractivity contribution in [1.29, 1.82) is 0 Å². The second-order valence-corrected chi connectivity index (χ2v) is 10.6. The van der Waals surface area contributed by atoms with Crippen LogP contribution in [0.3, 0.4) is 0 Å². The van der Waals surface area contributed by atoms with Gasteiger partial charge in [-0.05, 0) is 41.9 Å². The molecule has 2 unspecified atom stereocenters. The molecule has 0 radical (unpaired) electrons. The molecule has 1 fully saturated rings. The van der Waals surface area contributed by atoms with E-state index < -0.39 is 9.84 Å². The Hall–Kier alpha value is -2.34. The summed E-state index contributed by atoms with van der Waals surface area (Å²) >= 11 is 0. The van der Waals surface area contributed by atoms with Gasteiger partial charge in [0.1, 0.15) is 0 Å². The summed E-state index contributed by atoms with van der Waals surface area (Å²) in [4.78, 5) is 7.29. The predicted molar refractivity (Wildman–Crippen MR) is 129 cm³/mol. The molecule has 5 nitrogen and oxygen atoms in total. The Morgan fingerprint density at radius 3 is 2.35 bits per heavy atom. The molecule has 0 saturated carbocycles. The van der Waals surface area contributed by atoms with Crippen LogP contribution in [0.4, 0.5) is 0 Å². The zero-order valence-corrected chi connectivity index (χ0v) is 19.7. The Bertz CT molecular complexity index is 956. The highest BCUT2D eigenvalue weighted by atomic mass is 32.2. The molecule has 6 heteroatoms. The zero-order chi connectivity index (χ0) is 22.3. The lowest BCUT2D eigenvalue weighted by atomic mass is 9.79. The molecule has 31 heavy (non-hydrogen) atoms. The molecule has 2 aromatic carbocycles. The number of benzene rings is 2. The number of nitrogens with one attached hydrogen (secondary N) is 1. The lowest BCUT2D eigenvalue weighted by molar-refractivity contribution is 0.215. The van der Waals surface area contributed by atoms with E-state index in [1.54, 1.807) is 0 Å². The summed E-state index contributed by atoms with van der Waals surface area (Å²) in [6.45, 7) is 7.80. The van der Waals surface area contributed by atoms with Crippen LogP contribution in [0.1, 0.15) is 49.3 Å². The molecule has 168 valence electrons. The van der Waals surface area contributed by atoms with Crippen LogP contribution >= 0.6 is 0 Å². The summed E-state index contributed by atoms with van der Waals surface area (Å²) < 4.78 is 23.0. The monoisotopic (exact) mass is 441 g/mol. The van der Waals surface area contributed by atoms with Crippen LogP contribution in [0.2, 0.25) is 0 Å². The molecule has 3 rings (SSSR count). The Labute approximate surface area is 187 Å². The average molecular weight is 442 g/mol. The largest absolute Gasteiger partial charge is 0.357 e. The maximum atomic E-state index is 11.5. The van der Waals surface area contributed by atoms with E-state index in [1.807, 2.05) is 24.3 Å². The molecule has 1 N–H and O–H groups in total. The summed E-state index contributed by atoms with van der Waals surface area (Å²) in [5.74, 6) is 2.25. The van der Waals surface area contributed by atoms with E-state index >= 15 is 0 Å². The number of guanidine groups is 1. The molecule has 0 bridgehead atoms. The van der Waals surface area contributed by atoms with Crippen LogP contribution in [-0.4, -0.2) is 45.2 Å². The first-order valence-electron chi connectivity index (χ1n) is 11.2. The minimum absolute atomic E-state index is 0.0773. The van der Waals surface area contributed by atoms with E-state index in [4.69, 9.17) is 4.99 Å². The second-order valence-electron chi connectivity index (χ2n) is 8.48. The van der Waals surface area contributed by atoms with Gasteiger partial charge in [-0.15, -0.1) is 0 Å². The normalized spacial score (nSPS) is 20.0. The van der Waals surface area contributed by atoms with Crippen molar-refractivity contribution < 1.29 is 8.42 Å². The number of nitrogens with zero attached hydrogens (tertiary/aromatic N) is 2. The molecule has 0 aliphatic carbocycles. The molecule has 1 aliphatic heterocycles. The van der Waals surface area contributed by atoms with Crippen LogP contribution in [0.5, 0.6) is 0 Å². The van der Waals surface area contributed by atoms with Crippen molar-refractivity contribution in [1.82, 2.24) is 10.2 Å². The number of aliphatic imine (C=N–C) groups is 1. The molecule has 0 amide bonds. The van der Waals surface area contributed by atoms with Gasteiger partial charge in [-0.2, -0.15) is 0 Å². The van der Waals surface area contributed by atoms with Crippen LogP contribution in [0.15, 0.2) is 59.6 Å². The quantitative estimate of drug-likeness (QED) is 0.516. The van der Waals surface area contributed by atoms with Crippen molar-refractivity contribution in [3.63, 3.8) is 0 Å². The van der Waals surface area contributed by atoms with Crippen molar-refractivity contribution in [2.75, 3.05) is 25.9 Å². The van der Waals surface area contributed by atoms with Crippen LogP contribution < -0.4 is 5.32 Å². The van der Waals surface area contributed by atoms with E-state index in [2.05, 4.69) is 54.4 Å². The zero-order valence-electron chi connectivity index (χ0n) is 18.9. The topological polar surface area (TPSA) is 61.8 Å². The van der Waals surface area contributed by atoms with Gasteiger partial charge in [0.05, 0.1) is 12.3 Å². The van der Waals surface area contributed by atoms with Crippen LogP contribution in [0.25, 0.3) is 0 Å². The highest BCUT2D eigenvalue weighted by Gasteiger charge is 2.30. The van der Waals surface area contributed by atoms with Crippen molar-refractivity contribution in [2.24, 2.45) is 10.9 Å². The van der Waals surface area contributed by atoms with E-state index in [0.717, 1.165) is 49.6 Å². The third-order valence-electron chi connectivity index (χ3n) is 5.98. The first-order chi connectivity index (χ1) is 14.9. The standard InChI is InChI=1S/C25H35N3O2S/c1-4-22-18-28(16-15-24(22)23-9-7-6-8-10-23)25(26-5-2)27-17-20-11-13-21(14-12-20)19-31(3,29)30/h6-14,22,24H,4-5,15-19H2,1-3H3,(H,26,27). The van der Waals surface area contributed by atoms with Gasteiger partial charge >= 0.3 is 0 Å². The molecule has 0 aromatic heterocycles. The van der Waals surface area contributed by atoms with Gasteiger partial charge in [0.15, 0.2) is 15.8 Å². The van der Waals surface area contributed by atoms with Crippen molar-refractivity contribution in [3.05, 3.63) is 71.3 Å². The molecule has 0 spiro atoms. The Morgan fingerprint density at radius 1 is 1.06 bits per heavy atom. The van der Waals surface area contributed by atoms with E-state index in [-0.39, 0.29) is 5.75 Å². The third kappa shape index (κ3) is 6.82. The molecular formula is C25H35N3O2S. The highest BCUT2D eigenvalue weighted by Crippen LogP contribution is 2.34. The fourth-order valence-electron chi connectivity index (χ4n) is 4.41. The van der Waals surface area contributed by atoms with Gasteiger partial charge < -0.3 is 10.2 Å². The first-order valence-corrected chi connectivity index (χ1v) is 13.3. The summed E-state index contributed by atoms with van der Waals surface area (Å²) in [5.41, 5.74) is 3.35. The van der Waals surface area contributed by atoms with Gasteiger partial charge in [-0.25, -0.2) is 13.4 Å². The predicted octanol–water partition coefficient (Wildman–Crippen LogP) is 4.21. The Kier molecular flexibility index (Phi) is 8.13. The number of hydrogen-bond donors (Lipinski definition) is 1. The van der Waals surface area contributed by atoms with Crippen LogP contribution in [0, 0.1) is 5.92 Å². The Balaban J connectivity index is 1.68. The smallest absolute Gasteiger partial charge is 0.194 e. The maximum Gasteiger partial charge on any atom is 0.194 e. The lowest BCUT2D eigenvalue weighted by Gasteiger charge is -2.40. The minimum Gasteiger partial charge on any atom is -0.357 e. The number of piperidine rings is 1. The van der Waals surface area contributed by atoms with Gasteiger partial charge in [-0.3, -0.25) is 0 Å². The number of hydrogen-bond acceptors (Lipinski definition) is 3. The summed E-state index contributed by atoms with van der Waals surface area (Å²) in [6, 6.07) is 18.6. The average Bonchev–Trinajstić information content (AvgIpc) is 2.77. The molecule has 1 heterocycles. The van der Waals surface area contributed by atoms with E-state index in [1.165, 1.54) is 11.8 Å².